The molecule has 0 saturated carbocycles. The molecule has 0 radical (unpaired) electrons. The van der Waals surface area contributed by atoms with E-state index in [1.165, 1.54) is 24.3 Å². The summed E-state index contributed by atoms with van der Waals surface area (Å²) in [7, 11) is 0. The van der Waals surface area contributed by atoms with Crippen molar-refractivity contribution in [1.82, 2.24) is 5.32 Å². The zero-order valence-electron chi connectivity index (χ0n) is 13.8. The van der Waals surface area contributed by atoms with E-state index in [1.807, 2.05) is 0 Å². The topological polar surface area (TPSA) is 47.6 Å². The van der Waals surface area contributed by atoms with Crippen LogP contribution in [0, 0.1) is 12.7 Å². The molecule has 2 rings (SSSR count). The zero-order chi connectivity index (χ0) is 18.4. The second-order valence-corrected chi connectivity index (χ2v) is 5.24. The van der Waals surface area contributed by atoms with E-state index in [2.05, 4.69) is 10.1 Å². The second kappa shape index (κ2) is 8.41. The molecule has 134 valence electrons. The molecule has 0 aromatic heterocycles. The van der Waals surface area contributed by atoms with Crippen LogP contribution in [0.25, 0.3) is 0 Å². The molecule has 0 atom stereocenters. The standard InChI is InChI=1S/C18H18F3NO3/c1-3-24-16-9-13(6-7-15(16)25-18(20)21)17(23)22-10-12-5-4-11(2)14(19)8-12/h4-9,18H,3,10H2,1-2H3,(H,22,23). The lowest BCUT2D eigenvalue weighted by atomic mass is 10.1. The summed E-state index contributed by atoms with van der Waals surface area (Å²) >= 11 is 0. The monoisotopic (exact) mass is 353 g/mol. The van der Waals surface area contributed by atoms with E-state index in [1.54, 1.807) is 26.0 Å². The molecule has 25 heavy (non-hydrogen) atoms. The SMILES string of the molecule is CCOc1cc(C(=O)NCc2ccc(C)c(F)c2)ccc1OC(F)F. The summed E-state index contributed by atoms with van der Waals surface area (Å²) in [6, 6.07) is 8.61. The Morgan fingerprint density at radius 1 is 1.16 bits per heavy atom. The average molecular weight is 353 g/mol. The molecular weight excluding hydrogens is 335 g/mol. The molecule has 4 nitrogen and oxygen atoms in total. The molecule has 0 aliphatic rings. The lowest BCUT2D eigenvalue weighted by Gasteiger charge is -2.13. The number of carbonyl (C=O) groups excluding carboxylic acids is 1. The van der Waals surface area contributed by atoms with Gasteiger partial charge in [0, 0.05) is 12.1 Å². The van der Waals surface area contributed by atoms with Gasteiger partial charge in [-0.15, -0.1) is 0 Å². The number of benzene rings is 2. The minimum atomic E-state index is -2.99. The van der Waals surface area contributed by atoms with Crippen molar-refractivity contribution in [2.75, 3.05) is 6.61 Å². The molecule has 7 heteroatoms. The Morgan fingerprint density at radius 2 is 1.92 bits per heavy atom. The van der Waals surface area contributed by atoms with Gasteiger partial charge >= 0.3 is 6.61 Å². The Kier molecular flexibility index (Phi) is 6.27. The van der Waals surface area contributed by atoms with Crippen molar-refractivity contribution in [3.05, 3.63) is 58.9 Å². The highest BCUT2D eigenvalue weighted by Gasteiger charge is 2.14. The van der Waals surface area contributed by atoms with E-state index in [4.69, 9.17) is 4.74 Å². The fourth-order valence-corrected chi connectivity index (χ4v) is 2.14. The third kappa shape index (κ3) is 5.14. The third-order valence-electron chi connectivity index (χ3n) is 3.41. The van der Waals surface area contributed by atoms with Crippen molar-refractivity contribution in [2.45, 2.75) is 27.0 Å². The smallest absolute Gasteiger partial charge is 0.387 e. The minimum Gasteiger partial charge on any atom is -0.490 e. The van der Waals surface area contributed by atoms with Crippen molar-refractivity contribution in [2.24, 2.45) is 0 Å². The van der Waals surface area contributed by atoms with Gasteiger partial charge in [0.05, 0.1) is 6.61 Å². The number of nitrogens with one attached hydrogen (secondary N) is 1. The number of alkyl halides is 2. The first-order valence-electron chi connectivity index (χ1n) is 7.65. The molecule has 0 spiro atoms. The highest BCUT2D eigenvalue weighted by molar-refractivity contribution is 5.94. The number of rotatable bonds is 7. The Morgan fingerprint density at radius 3 is 2.56 bits per heavy atom. The van der Waals surface area contributed by atoms with Gasteiger partial charge in [-0.25, -0.2) is 4.39 Å². The normalized spacial score (nSPS) is 10.6. The van der Waals surface area contributed by atoms with Crippen molar-refractivity contribution in [3.8, 4) is 11.5 Å². The minimum absolute atomic E-state index is 0.0526. The van der Waals surface area contributed by atoms with Crippen molar-refractivity contribution < 1.29 is 27.4 Å². The highest BCUT2D eigenvalue weighted by atomic mass is 19.3. The molecule has 0 bridgehead atoms. The first-order chi connectivity index (χ1) is 11.9. The fraction of sp³-hybridized carbons (Fsp3) is 0.278. The van der Waals surface area contributed by atoms with Crippen LogP contribution in [0.5, 0.6) is 11.5 Å². The molecule has 0 aliphatic carbocycles. The summed E-state index contributed by atoms with van der Waals surface area (Å²) in [6.45, 7) is 0.707. The number of aryl methyl sites for hydroxylation is 1. The summed E-state index contributed by atoms with van der Waals surface area (Å²) in [6.07, 6.45) is 0. The van der Waals surface area contributed by atoms with Crippen LogP contribution in [-0.2, 0) is 6.54 Å². The Bertz CT molecular complexity index is 750. The van der Waals surface area contributed by atoms with Crippen LogP contribution >= 0.6 is 0 Å². The van der Waals surface area contributed by atoms with Gasteiger partial charge in [-0.1, -0.05) is 12.1 Å². The summed E-state index contributed by atoms with van der Waals surface area (Å²) in [4.78, 5) is 12.2. The van der Waals surface area contributed by atoms with Crippen LogP contribution in [0.2, 0.25) is 0 Å². The first-order valence-corrected chi connectivity index (χ1v) is 7.65. The predicted octanol–water partition coefficient (Wildman–Crippen LogP) is 4.06. The number of halogens is 3. The maximum absolute atomic E-state index is 13.5. The maximum atomic E-state index is 13.5. The summed E-state index contributed by atoms with van der Waals surface area (Å²) in [5.41, 5.74) is 1.35. The number of hydrogen-bond acceptors (Lipinski definition) is 3. The lowest BCUT2D eigenvalue weighted by molar-refractivity contribution is -0.0514. The molecule has 0 heterocycles. The van der Waals surface area contributed by atoms with E-state index >= 15 is 0 Å². The van der Waals surface area contributed by atoms with Crippen LogP contribution in [0.1, 0.15) is 28.4 Å². The van der Waals surface area contributed by atoms with Gasteiger partial charge in [-0.3, -0.25) is 4.79 Å². The number of amides is 1. The van der Waals surface area contributed by atoms with Crippen LogP contribution in [0.15, 0.2) is 36.4 Å². The number of ether oxygens (including phenoxy) is 2. The zero-order valence-corrected chi connectivity index (χ0v) is 13.8. The van der Waals surface area contributed by atoms with Crippen LogP contribution in [-0.4, -0.2) is 19.1 Å². The number of hydrogen-bond donors (Lipinski definition) is 1. The first kappa shape index (κ1) is 18.6. The summed E-state index contributed by atoms with van der Waals surface area (Å²) in [5, 5.41) is 2.64. The molecule has 0 saturated heterocycles. The van der Waals surface area contributed by atoms with Crippen molar-refractivity contribution >= 4 is 5.91 Å². The highest BCUT2D eigenvalue weighted by Crippen LogP contribution is 2.29. The average Bonchev–Trinajstić information content (AvgIpc) is 2.57. The van der Waals surface area contributed by atoms with Gasteiger partial charge < -0.3 is 14.8 Å². The quantitative estimate of drug-likeness (QED) is 0.816. The molecule has 2 aromatic carbocycles. The lowest BCUT2D eigenvalue weighted by Crippen LogP contribution is -2.23. The van der Waals surface area contributed by atoms with E-state index in [9.17, 15) is 18.0 Å². The molecule has 0 fully saturated rings. The van der Waals surface area contributed by atoms with Gasteiger partial charge in [0.2, 0.25) is 0 Å². The van der Waals surface area contributed by atoms with Crippen LogP contribution in [0.4, 0.5) is 13.2 Å². The van der Waals surface area contributed by atoms with E-state index in [0.29, 0.717) is 11.1 Å². The van der Waals surface area contributed by atoms with E-state index in [-0.39, 0.29) is 36.0 Å². The van der Waals surface area contributed by atoms with Gasteiger partial charge in [0.25, 0.3) is 5.91 Å². The largest absolute Gasteiger partial charge is 0.490 e. The molecule has 0 aliphatic heterocycles. The Hall–Kier alpha value is -2.70. The van der Waals surface area contributed by atoms with Gasteiger partial charge in [-0.2, -0.15) is 8.78 Å². The van der Waals surface area contributed by atoms with E-state index < -0.39 is 12.5 Å². The molecule has 1 N–H and O–H groups in total. The molecular formula is C18H18F3NO3. The van der Waals surface area contributed by atoms with Crippen LogP contribution < -0.4 is 14.8 Å². The Labute approximate surface area is 143 Å². The van der Waals surface area contributed by atoms with Gasteiger partial charge in [0.1, 0.15) is 5.82 Å². The van der Waals surface area contributed by atoms with Gasteiger partial charge in [-0.05, 0) is 49.2 Å². The fourth-order valence-electron chi connectivity index (χ4n) is 2.14. The van der Waals surface area contributed by atoms with Crippen LogP contribution in [0.3, 0.4) is 0 Å². The van der Waals surface area contributed by atoms with Crippen molar-refractivity contribution in [3.63, 3.8) is 0 Å². The number of carbonyl (C=O) groups is 1. The molecule has 2 aromatic rings. The third-order valence-corrected chi connectivity index (χ3v) is 3.41. The van der Waals surface area contributed by atoms with Gasteiger partial charge in [0.15, 0.2) is 11.5 Å². The molecule has 1 amide bonds. The molecule has 0 unspecified atom stereocenters. The summed E-state index contributed by atoms with van der Waals surface area (Å²) < 4.78 is 47.9. The second-order valence-electron chi connectivity index (χ2n) is 5.24. The predicted molar refractivity (Wildman–Crippen MR) is 86.6 cm³/mol. The Balaban J connectivity index is 2.09. The van der Waals surface area contributed by atoms with E-state index in [0.717, 1.165) is 0 Å². The van der Waals surface area contributed by atoms with Crippen molar-refractivity contribution in [1.29, 1.82) is 0 Å². The maximum Gasteiger partial charge on any atom is 0.387 e. The summed E-state index contributed by atoms with van der Waals surface area (Å²) in [5.74, 6) is -0.879.